The molecule has 3 atom stereocenters. The maximum absolute atomic E-state index is 12.5. The Balaban J connectivity index is 1.79. The lowest BCUT2D eigenvalue weighted by Gasteiger charge is -2.38. The van der Waals surface area contributed by atoms with Gasteiger partial charge in [0.1, 0.15) is 0 Å². The molecule has 0 aromatic rings. The highest BCUT2D eigenvalue weighted by Crippen LogP contribution is 2.27. The monoisotopic (exact) mass is 296 g/mol. The molecule has 0 bridgehead atoms. The molecule has 1 saturated heterocycles. The molecule has 1 saturated carbocycles. The van der Waals surface area contributed by atoms with Gasteiger partial charge in [-0.1, -0.05) is 19.8 Å². The Morgan fingerprint density at radius 3 is 2.43 bits per heavy atom. The topological polar surface area (TPSA) is 43.8 Å². The SMILES string of the molecule is CC(O)C1CCN(CC(=O)N(C)C2CCCCC2C)CC1. The summed E-state index contributed by atoms with van der Waals surface area (Å²) in [5.41, 5.74) is 0. The fourth-order valence-corrected chi connectivity index (χ4v) is 3.95. The third-order valence-electron chi connectivity index (χ3n) is 5.63. The fourth-order valence-electron chi connectivity index (χ4n) is 3.95. The van der Waals surface area contributed by atoms with Crippen LogP contribution in [-0.2, 0) is 4.79 Å². The average Bonchev–Trinajstić information content (AvgIpc) is 2.47. The first-order valence-corrected chi connectivity index (χ1v) is 8.65. The minimum Gasteiger partial charge on any atom is -0.393 e. The van der Waals surface area contributed by atoms with Gasteiger partial charge >= 0.3 is 0 Å². The highest BCUT2D eigenvalue weighted by atomic mass is 16.3. The maximum atomic E-state index is 12.5. The molecule has 1 N–H and O–H groups in total. The van der Waals surface area contributed by atoms with Crippen LogP contribution in [-0.4, -0.2) is 59.6 Å². The van der Waals surface area contributed by atoms with Crippen LogP contribution in [0.3, 0.4) is 0 Å². The summed E-state index contributed by atoms with van der Waals surface area (Å²) in [7, 11) is 1.98. The Kier molecular flexibility index (Phi) is 6.06. The first-order valence-electron chi connectivity index (χ1n) is 8.65. The second kappa shape index (κ2) is 7.59. The second-order valence-electron chi connectivity index (χ2n) is 7.19. The van der Waals surface area contributed by atoms with Crippen molar-refractivity contribution >= 4 is 5.91 Å². The number of likely N-dealkylation sites (tertiary alicyclic amines) is 1. The number of piperidine rings is 1. The number of aliphatic hydroxyl groups excluding tert-OH is 1. The van der Waals surface area contributed by atoms with Crippen molar-refractivity contribution < 1.29 is 9.90 Å². The number of hydrogen-bond acceptors (Lipinski definition) is 3. The van der Waals surface area contributed by atoms with Crippen molar-refractivity contribution in [3.05, 3.63) is 0 Å². The van der Waals surface area contributed by atoms with Gasteiger partial charge < -0.3 is 10.0 Å². The zero-order chi connectivity index (χ0) is 15.4. The van der Waals surface area contributed by atoms with Crippen molar-refractivity contribution in [2.24, 2.45) is 11.8 Å². The molecule has 1 heterocycles. The van der Waals surface area contributed by atoms with Gasteiger partial charge in [0.15, 0.2) is 0 Å². The molecule has 21 heavy (non-hydrogen) atoms. The third kappa shape index (κ3) is 4.43. The molecule has 0 spiro atoms. The minimum atomic E-state index is -0.214. The number of likely N-dealkylation sites (N-methyl/N-ethyl adjacent to an activating group) is 1. The summed E-state index contributed by atoms with van der Waals surface area (Å²) in [6.45, 7) is 6.59. The Hall–Kier alpha value is -0.610. The van der Waals surface area contributed by atoms with E-state index in [1.165, 1.54) is 19.3 Å². The van der Waals surface area contributed by atoms with Gasteiger partial charge in [0, 0.05) is 13.1 Å². The van der Waals surface area contributed by atoms with Gasteiger partial charge in [0.25, 0.3) is 0 Å². The van der Waals surface area contributed by atoms with Crippen LogP contribution in [0.4, 0.5) is 0 Å². The van der Waals surface area contributed by atoms with Crippen molar-refractivity contribution in [2.45, 2.75) is 64.5 Å². The van der Waals surface area contributed by atoms with Gasteiger partial charge in [-0.15, -0.1) is 0 Å². The van der Waals surface area contributed by atoms with Crippen molar-refractivity contribution in [1.82, 2.24) is 9.80 Å². The van der Waals surface area contributed by atoms with Crippen molar-refractivity contribution in [1.29, 1.82) is 0 Å². The Labute approximate surface area is 129 Å². The van der Waals surface area contributed by atoms with Gasteiger partial charge in [-0.3, -0.25) is 9.69 Å². The quantitative estimate of drug-likeness (QED) is 0.864. The van der Waals surface area contributed by atoms with Crippen LogP contribution < -0.4 is 0 Å². The molecule has 1 aliphatic heterocycles. The molecule has 2 aliphatic rings. The Morgan fingerprint density at radius 1 is 1.24 bits per heavy atom. The van der Waals surface area contributed by atoms with Crippen LogP contribution >= 0.6 is 0 Å². The number of carbonyl (C=O) groups is 1. The molecule has 1 amide bonds. The van der Waals surface area contributed by atoms with Crippen LogP contribution in [0.1, 0.15) is 52.4 Å². The summed E-state index contributed by atoms with van der Waals surface area (Å²) in [5, 5.41) is 9.64. The molecular weight excluding hydrogens is 264 g/mol. The summed E-state index contributed by atoms with van der Waals surface area (Å²) in [6.07, 6.45) is 6.78. The van der Waals surface area contributed by atoms with E-state index in [9.17, 15) is 9.90 Å². The predicted octanol–water partition coefficient (Wildman–Crippen LogP) is 2.12. The molecule has 3 unspecified atom stereocenters. The molecule has 122 valence electrons. The van der Waals surface area contributed by atoms with Crippen LogP contribution in [0, 0.1) is 11.8 Å². The van der Waals surface area contributed by atoms with Crippen LogP contribution in [0.5, 0.6) is 0 Å². The average molecular weight is 296 g/mol. The second-order valence-corrected chi connectivity index (χ2v) is 7.19. The molecule has 4 heteroatoms. The highest BCUT2D eigenvalue weighted by Gasteiger charge is 2.29. The van der Waals surface area contributed by atoms with Gasteiger partial charge in [0.2, 0.25) is 5.91 Å². The molecule has 0 aromatic heterocycles. The first kappa shape index (κ1) is 16.8. The van der Waals surface area contributed by atoms with E-state index in [-0.39, 0.29) is 12.0 Å². The molecule has 2 fully saturated rings. The summed E-state index contributed by atoms with van der Waals surface area (Å²) < 4.78 is 0. The van der Waals surface area contributed by atoms with Crippen molar-refractivity contribution in [3.63, 3.8) is 0 Å². The van der Waals surface area contributed by atoms with E-state index in [0.717, 1.165) is 32.4 Å². The van der Waals surface area contributed by atoms with E-state index in [2.05, 4.69) is 11.8 Å². The summed E-state index contributed by atoms with van der Waals surface area (Å²) >= 11 is 0. The molecule has 0 radical (unpaired) electrons. The number of aliphatic hydroxyl groups is 1. The normalized spacial score (nSPS) is 30.1. The van der Waals surface area contributed by atoms with Crippen LogP contribution in [0.25, 0.3) is 0 Å². The number of amides is 1. The number of hydrogen-bond donors (Lipinski definition) is 1. The zero-order valence-corrected chi connectivity index (χ0v) is 13.9. The number of nitrogens with zero attached hydrogens (tertiary/aromatic N) is 2. The van der Waals surface area contributed by atoms with E-state index in [0.29, 0.717) is 24.4 Å². The van der Waals surface area contributed by atoms with E-state index in [1.54, 1.807) is 0 Å². The van der Waals surface area contributed by atoms with Crippen molar-refractivity contribution in [3.8, 4) is 0 Å². The molecule has 1 aliphatic carbocycles. The largest absolute Gasteiger partial charge is 0.393 e. The lowest BCUT2D eigenvalue weighted by Crippen LogP contribution is -2.48. The van der Waals surface area contributed by atoms with Crippen molar-refractivity contribution in [2.75, 3.05) is 26.7 Å². The first-order chi connectivity index (χ1) is 9.99. The third-order valence-corrected chi connectivity index (χ3v) is 5.63. The summed E-state index contributed by atoms with van der Waals surface area (Å²) in [4.78, 5) is 16.8. The molecule has 2 rings (SSSR count). The fraction of sp³-hybridized carbons (Fsp3) is 0.941. The van der Waals surface area contributed by atoms with Gasteiger partial charge in [0.05, 0.1) is 12.6 Å². The summed E-state index contributed by atoms with van der Waals surface area (Å²) in [5.74, 6) is 1.31. The van der Waals surface area contributed by atoms with Crippen LogP contribution in [0.15, 0.2) is 0 Å². The van der Waals surface area contributed by atoms with Gasteiger partial charge in [-0.2, -0.15) is 0 Å². The summed E-state index contributed by atoms with van der Waals surface area (Å²) in [6, 6.07) is 0.432. The van der Waals surface area contributed by atoms with E-state index >= 15 is 0 Å². The van der Waals surface area contributed by atoms with Crippen LogP contribution in [0.2, 0.25) is 0 Å². The Bertz CT molecular complexity index is 338. The molecule has 4 nitrogen and oxygen atoms in total. The minimum absolute atomic E-state index is 0.214. The number of carbonyl (C=O) groups excluding carboxylic acids is 1. The lowest BCUT2D eigenvalue weighted by atomic mass is 9.85. The van der Waals surface area contributed by atoms with E-state index in [1.807, 2.05) is 18.9 Å². The predicted molar refractivity (Wildman–Crippen MR) is 85.0 cm³/mol. The smallest absolute Gasteiger partial charge is 0.236 e. The highest BCUT2D eigenvalue weighted by molar-refractivity contribution is 5.78. The van der Waals surface area contributed by atoms with Gasteiger partial charge in [-0.05, 0) is 57.5 Å². The standard InChI is InChI=1S/C17H32N2O2/c1-13-6-4-5-7-16(13)18(3)17(21)12-19-10-8-15(9-11-19)14(2)20/h13-16,20H,4-12H2,1-3H3. The maximum Gasteiger partial charge on any atom is 0.236 e. The molecule has 0 aromatic carbocycles. The van der Waals surface area contributed by atoms with E-state index in [4.69, 9.17) is 0 Å². The van der Waals surface area contributed by atoms with Gasteiger partial charge in [-0.25, -0.2) is 0 Å². The number of rotatable bonds is 4. The molecular formula is C17H32N2O2. The zero-order valence-electron chi connectivity index (χ0n) is 13.9. The Morgan fingerprint density at radius 2 is 1.86 bits per heavy atom. The lowest BCUT2D eigenvalue weighted by molar-refractivity contribution is -0.135. The van der Waals surface area contributed by atoms with E-state index < -0.39 is 0 Å².